The van der Waals surface area contributed by atoms with Crippen molar-refractivity contribution in [3.63, 3.8) is 0 Å². The van der Waals surface area contributed by atoms with Gasteiger partial charge in [0.2, 0.25) is 0 Å². The molecule has 4 nitrogen and oxygen atoms in total. The molecule has 10 heteroatoms. The number of hydrogen-bond acceptors (Lipinski definition) is 3. The number of piperidine rings is 1. The summed E-state index contributed by atoms with van der Waals surface area (Å²) in [6.45, 7) is 1.94. The molecule has 1 amide bonds. The number of carbonyl (C=O) groups excluding carboxylic acids is 1. The molecule has 2 aromatic rings. The average molecular weight is 429 g/mol. The number of alkyl halides is 3. The molecule has 0 spiro atoms. The molecule has 2 heterocycles. The molecule has 1 aromatic carbocycles. The van der Waals surface area contributed by atoms with E-state index in [0.717, 1.165) is 44.3 Å². The lowest BCUT2D eigenvalue weighted by Gasteiger charge is -2.47. The van der Waals surface area contributed by atoms with E-state index < -0.39 is 51.6 Å². The summed E-state index contributed by atoms with van der Waals surface area (Å²) in [5.41, 5.74) is -5.41. The molecular formula is C19H16F5N3OS. The highest BCUT2D eigenvalue weighted by molar-refractivity contribution is 7.80. The summed E-state index contributed by atoms with van der Waals surface area (Å²) < 4.78 is 71.4. The van der Waals surface area contributed by atoms with Gasteiger partial charge in [0, 0.05) is 11.3 Å². The lowest BCUT2D eigenvalue weighted by atomic mass is 9.76. The van der Waals surface area contributed by atoms with Crippen LogP contribution in [0.25, 0.3) is 0 Å². The van der Waals surface area contributed by atoms with E-state index in [9.17, 15) is 26.7 Å². The molecule has 0 bridgehead atoms. The van der Waals surface area contributed by atoms with Crippen molar-refractivity contribution in [2.24, 2.45) is 0 Å². The molecule has 29 heavy (non-hydrogen) atoms. The first-order valence-electron chi connectivity index (χ1n) is 8.48. The number of aromatic nitrogens is 1. The zero-order valence-corrected chi connectivity index (χ0v) is 16.1. The third kappa shape index (κ3) is 3.81. The van der Waals surface area contributed by atoms with E-state index in [1.807, 2.05) is 0 Å². The summed E-state index contributed by atoms with van der Waals surface area (Å²) in [6, 6.07) is 5.25. The van der Waals surface area contributed by atoms with E-state index in [-0.39, 0.29) is 11.4 Å². The monoisotopic (exact) mass is 429 g/mol. The highest BCUT2D eigenvalue weighted by Gasteiger charge is 2.61. The number of nitrogens with zero attached hydrogens (tertiary/aromatic N) is 1. The van der Waals surface area contributed by atoms with Gasteiger partial charge in [0.25, 0.3) is 11.8 Å². The Bertz CT molecular complexity index is 980. The number of hydrogen-bond donors (Lipinski definition) is 2. The van der Waals surface area contributed by atoms with Crippen LogP contribution in [0.1, 0.15) is 36.3 Å². The number of anilines is 1. The van der Waals surface area contributed by atoms with Crippen LogP contribution >= 0.6 is 12.2 Å². The van der Waals surface area contributed by atoms with Crippen molar-refractivity contribution < 1.29 is 26.7 Å². The number of thiocarbonyl (C=S) groups is 1. The number of rotatable bonds is 3. The highest BCUT2D eigenvalue weighted by Crippen LogP contribution is 2.48. The average Bonchev–Trinajstić information content (AvgIpc) is 2.61. The molecule has 0 saturated carbocycles. The standard InChI is InChI=1S/C19H16F5N3OS/c1-17(22)9-19(23,24)18(2,27-16(17)29)12-7-11(4-5-13(12)21)26-15(28)14-6-3-10(20)8-25-14/h3-8H,9H2,1-2H3,(H,26,28)(H,27,29)/t17-,18+/m0/s1. The van der Waals surface area contributed by atoms with Gasteiger partial charge in [0.1, 0.15) is 27.9 Å². The van der Waals surface area contributed by atoms with Gasteiger partial charge in [-0.2, -0.15) is 0 Å². The lowest BCUT2D eigenvalue weighted by molar-refractivity contribution is -0.119. The first kappa shape index (κ1) is 21.1. The molecule has 1 aromatic heterocycles. The molecule has 1 saturated heterocycles. The molecular weight excluding hydrogens is 413 g/mol. The fourth-order valence-corrected chi connectivity index (χ4v) is 3.35. The fourth-order valence-electron chi connectivity index (χ4n) is 3.08. The Hall–Kier alpha value is -2.62. The maximum atomic E-state index is 14.8. The van der Waals surface area contributed by atoms with Gasteiger partial charge in [-0.05, 0) is 44.2 Å². The Morgan fingerprint density at radius 2 is 1.86 bits per heavy atom. The minimum Gasteiger partial charge on any atom is -0.362 e. The van der Waals surface area contributed by atoms with Gasteiger partial charge >= 0.3 is 0 Å². The zero-order chi connectivity index (χ0) is 21.6. The van der Waals surface area contributed by atoms with Gasteiger partial charge in [0.05, 0.1) is 12.6 Å². The van der Waals surface area contributed by atoms with Gasteiger partial charge in [-0.15, -0.1) is 0 Å². The summed E-state index contributed by atoms with van der Waals surface area (Å²) >= 11 is 4.86. The molecule has 0 unspecified atom stereocenters. The fraction of sp³-hybridized carbons (Fsp3) is 0.316. The minimum absolute atomic E-state index is 0.00384. The Kier molecular flexibility index (Phi) is 5.10. The Labute approximate surface area is 168 Å². The van der Waals surface area contributed by atoms with Crippen LogP contribution in [0.3, 0.4) is 0 Å². The van der Waals surface area contributed by atoms with Crippen molar-refractivity contribution in [1.29, 1.82) is 0 Å². The second-order valence-corrected chi connectivity index (χ2v) is 7.58. The lowest BCUT2D eigenvalue weighted by Crippen LogP contribution is -2.66. The first-order chi connectivity index (χ1) is 13.4. The van der Waals surface area contributed by atoms with Crippen molar-refractivity contribution in [3.8, 4) is 0 Å². The summed E-state index contributed by atoms with van der Waals surface area (Å²) in [6.07, 6.45) is -0.384. The van der Waals surface area contributed by atoms with Crippen LogP contribution in [0.5, 0.6) is 0 Å². The number of amides is 1. The van der Waals surface area contributed by atoms with Crippen molar-refractivity contribution in [3.05, 3.63) is 59.4 Å². The Morgan fingerprint density at radius 3 is 2.48 bits per heavy atom. The quantitative estimate of drug-likeness (QED) is 0.557. The highest BCUT2D eigenvalue weighted by atomic mass is 32.1. The van der Waals surface area contributed by atoms with Crippen LogP contribution in [0, 0.1) is 11.6 Å². The van der Waals surface area contributed by atoms with Crippen molar-refractivity contribution in [2.75, 3.05) is 5.32 Å². The molecule has 154 valence electrons. The van der Waals surface area contributed by atoms with Gasteiger partial charge in [0.15, 0.2) is 5.67 Å². The topological polar surface area (TPSA) is 54.0 Å². The SMILES string of the molecule is C[C@]1(F)CC(F)(F)[C@@](C)(c2cc(NC(=O)c3ccc(F)cn3)ccc2F)NC1=S. The number of nitrogens with one attached hydrogen (secondary N) is 2. The predicted octanol–water partition coefficient (Wildman–Crippen LogP) is 4.51. The van der Waals surface area contributed by atoms with Crippen LogP contribution in [-0.4, -0.2) is 27.5 Å². The summed E-state index contributed by atoms with van der Waals surface area (Å²) in [5, 5.41) is 4.63. The van der Waals surface area contributed by atoms with Crippen LogP contribution < -0.4 is 10.6 Å². The predicted molar refractivity (Wildman–Crippen MR) is 101 cm³/mol. The van der Waals surface area contributed by atoms with E-state index in [4.69, 9.17) is 12.2 Å². The largest absolute Gasteiger partial charge is 0.362 e. The normalized spacial score (nSPS) is 26.0. The van der Waals surface area contributed by atoms with E-state index >= 15 is 0 Å². The van der Waals surface area contributed by atoms with Gasteiger partial charge in [-0.25, -0.2) is 26.9 Å². The summed E-state index contributed by atoms with van der Waals surface area (Å²) in [7, 11) is 0. The van der Waals surface area contributed by atoms with Crippen molar-refractivity contribution in [2.45, 2.75) is 37.4 Å². The minimum atomic E-state index is -3.69. The number of carbonyl (C=O) groups is 1. The smallest absolute Gasteiger partial charge is 0.278 e. The van der Waals surface area contributed by atoms with Gasteiger partial charge < -0.3 is 10.6 Å². The molecule has 1 aliphatic heterocycles. The van der Waals surface area contributed by atoms with E-state index in [0.29, 0.717) is 0 Å². The zero-order valence-electron chi connectivity index (χ0n) is 15.3. The van der Waals surface area contributed by atoms with Gasteiger partial charge in [-0.3, -0.25) is 4.79 Å². The molecule has 0 radical (unpaired) electrons. The van der Waals surface area contributed by atoms with Crippen LogP contribution in [0.2, 0.25) is 0 Å². The van der Waals surface area contributed by atoms with Crippen LogP contribution in [0.15, 0.2) is 36.5 Å². The van der Waals surface area contributed by atoms with Crippen molar-refractivity contribution in [1.82, 2.24) is 10.3 Å². The second-order valence-electron chi connectivity index (χ2n) is 7.17. The summed E-state index contributed by atoms with van der Waals surface area (Å²) in [5.74, 6) is -6.06. The maximum absolute atomic E-state index is 14.8. The van der Waals surface area contributed by atoms with Gasteiger partial charge in [-0.1, -0.05) is 12.2 Å². The van der Waals surface area contributed by atoms with E-state index in [1.54, 1.807) is 0 Å². The Morgan fingerprint density at radius 1 is 1.17 bits per heavy atom. The molecule has 1 fully saturated rings. The molecule has 3 rings (SSSR count). The van der Waals surface area contributed by atoms with Crippen LogP contribution in [0.4, 0.5) is 27.6 Å². The third-order valence-electron chi connectivity index (χ3n) is 4.85. The maximum Gasteiger partial charge on any atom is 0.278 e. The third-order valence-corrected chi connectivity index (χ3v) is 5.37. The molecule has 2 atom stereocenters. The number of benzene rings is 1. The molecule has 2 N–H and O–H groups in total. The summed E-state index contributed by atoms with van der Waals surface area (Å²) in [4.78, 5) is 15.4. The first-order valence-corrected chi connectivity index (χ1v) is 8.89. The molecule has 0 aliphatic carbocycles. The van der Waals surface area contributed by atoms with E-state index in [1.165, 1.54) is 6.07 Å². The number of halogens is 5. The van der Waals surface area contributed by atoms with E-state index in [2.05, 4.69) is 15.6 Å². The van der Waals surface area contributed by atoms with Crippen molar-refractivity contribution >= 4 is 28.8 Å². The van der Waals surface area contributed by atoms with Crippen LogP contribution in [-0.2, 0) is 5.54 Å². The second kappa shape index (κ2) is 7.01. The number of pyridine rings is 1. The molecule has 1 aliphatic rings. The Balaban J connectivity index is 1.95.